The number of urea groups is 1. The molecule has 5 aromatic rings. The van der Waals surface area contributed by atoms with Gasteiger partial charge >= 0.3 is 24.5 Å². The Balaban J connectivity index is 0.000000173. The highest BCUT2D eigenvalue weighted by atomic mass is 19.4. The van der Waals surface area contributed by atoms with Crippen molar-refractivity contribution in [1.82, 2.24) is 30.4 Å². The van der Waals surface area contributed by atoms with E-state index in [-0.39, 0.29) is 40.9 Å². The van der Waals surface area contributed by atoms with Gasteiger partial charge in [-0.1, -0.05) is 32.0 Å². The number of hydrogen-bond acceptors (Lipinski definition) is 14. The van der Waals surface area contributed by atoms with Crippen molar-refractivity contribution in [3.8, 4) is 5.75 Å². The number of amides is 3. The van der Waals surface area contributed by atoms with Crippen LogP contribution in [0.4, 0.5) is 70.6 Å². The van der Waals surface area contributed by atoms with Crippen molar-refractivity contribution in [3.05, 3.63) is 103 Å². The Labute approximate surface area is 379 Å². The smallest absolute Gasteiger partial charge is 0.410 e. The summed E-state index contributed by atoms with van der Waals surface area (Å²) in [7, 11) is 0. The van der Waals surface area contributed by atoms with Crippen molar-refractivity contribution in [1.29, 1.82) is 0 Å². The summed E-state index contributed by atoms with van der Waals surface area (Å²) in [5.41, 5.74) is 6.33. The van der Waals surface area contributed by atoms with Gasteiger partial charge in [-0.15, -0.1) is 10.2 Å². The summed E-state index contributed by atoms with van der Waals surface area (Å²) in [5.74, 6) is -3.39. The number of benzene rings is 1. The maximum Gasteiger partial charge on any atom is 0.421 e. The van der Waals surface area contributed by atoms with E-state index in [1.54, 1.807) is 72.9 Å². The van der Waals surface area contributed by atoms with Crippen molar-refractivity contribution in [2.24, 2.45) is 11.8 Å². The van der Waals surface area contributed by atoms with E-state index >= 15 is 0 Å². The Kier molecular flexibility index (Phi) is 14.2. The van der Waals surface area contributed by atoms with E-state index in [9.17, 15) is 45.5 Å². The average Bonchev–Trinajstić information content (AvgIpc) is 3.92. The van der Waals surface area contributed by atoms with Crippen LogP contribution in [0.1, 0.15) is 60.5 Å². The average molecular weight is 935 g/mol. The minimum Gasteiger partial charge on any atom is -0.410 e. The molecule has 0 saturated carbocycles. The molecule has 4 bridgehead atoms. The van der Waals surface area contributed by atoms with Crippen LogP contribution in [0.2, 0.25) is 0 Å². The molecule has 2 unspecified atom stereocenters. The largest absolute Gasteiger partial charge is 0.421 e. The molecule has 8 heterocycles. The fourth-order valence-corrected chi connectivity index (χ4v) is 7.71. The van der Waals surface area contributed by atoms with Gasteiger partial charge in [0.1, 0.15) is 23.0 Å². The molecule has 2 fully saturated rings. The van der Waals surface area contributed by atoms with Gasteiger partial charge in [-0.05, 0) is 73.5 Å². The number of carbonyl (C=O) groups excluding carboxylic acids is 4. The van der Waals surface area contributed by atoms with E-state index in [0.29, 0.717) is 62.0 Å². The molecule has 4 atom stereocenters. The fraction of sp³-hybridized carbons (Fsp3) is 0.364. The van der Waals surface area contributed by atoms with Crippen LogP contribution in [0.3, 0.4) is 0 Å². The third kappa shape index (κ3) is 11.3. The lowest BCUT2D eigenvalue weighted by molar-refractivity contribution is -0.169. The van der Waals surface area contributed by atoms with Crippen molar-refractivity contribution in [2.45, 2.75) is 64.0 Å². The zero-order chi connectivity index (χ0) is 48.0. The summed E-state index contributed by atoms with van der Waals surface area (Å²) >= 11 is 0. The van der Waals surface area contributed by atoms with Gasteiger partial charge in [0.2, 0.25) is 0 Å². The van der Waals surface area contributed by atoms with Crippen LogP contribution in [0.5, 0.6) is 5.75 Å². The highest BCUT2D eigenvalue weighted by molar-refractivity contribution is 6.05. The number of fused-ring (bicyclic) bond motifs is 8. The van der Waals surface area contributed by atoms with Gasteiger partial charge in [-0.25, -0.2) is 19.6 Å². The minimum atomic E-state index is -4.46. The molecule has 3 amide bonds. The van der Waals surface area contributed by atoms with Crippen LogP contribution in [-0.2, 0) is 0 Å². The molecule has 3 N–H and O–H groups in total. The van der Waals surface area contributed by atoms with Crippen LogP contribution < -0.4 is 35.4 Å². The summed E-state index contributed by atoms with van der Waals surface area (Å²) in [6.45, 7) is 4.58. The van der Waals surface area contributed by atoms with Gasteiger partial charge in [-0.2, -0.15) is 36.5 Å². The van der Waals surface area contributed by atoms with Crippen molar-refractivity contribution in [3.63, 3.8) is 0 Å². The molecule has 2 saturated heterocycles. The Hall–Kier alpha value is -7.46. The molecule has 23 heteroatoms. The highest BCUT2D eigenvalue weighted by Gasteiger charge is 2.44. The molecule has 0 radical (unpaired) electrons. The Morgan fingerprint density at radius 3 is 1.66 bits per heavy atom. The third-order valence-electron chi connectivity index (χ3n) is 11.3. The molecule has 9 rings (SSSR count). The lowest BCUT2D eigenvalue weighted by atomic mass is 10.0. The lowest BCUT2D eigenvalue weighted by Gasteiger charge is -2.35. The Morgan fingerprint density at radius 2 is 1.19 bits per heavy atom. The summed E-state index contributed by atoms with van der Waals surface area (Å²) in [6, 6.07) is 20.5. The van der Waals surface area contributed by atoms with Crippen LogP contribution in [-0.4, -0.2) is 105 Å². The number of ether oxygens (including phenoxy) is 1. The first-order valence-corrected chi connectivity index (χ1v) is 21.1. The van der Waals surface area contributed by atoms with E-state index in [1.807, 2.05) is 9.80 Å². The lowest BCUT2D eigenvalue weighted by Crippen LogP contribution is -2.48. The summed E-state index contributed by atoms with van der Waals surface area (Å²) in [6.07, 6.45) is -6.48. The molecule has 4 aromatic heterocycles. The molecule has 0 spiro atoms. The number of anilines is 6. The standard InChI is InChI=1S/C21H20F3N3O3.C19H19F3N6O2.C4H5N3/c1-13(21(22,23)24)11-18(28)16-7-8-17-19(25-16)27(14-9-10-26(17)12-14)20(29)30-15-5-3-2-4-6-15;1-11(19(20,21)22)9-15(29)13-4-5-14-17(24-13)28(12-6-8-27(14)10-12)18(30)25-16-3-2-7-23-26-16;5-4-2-1-3-6-7-4/h2-8,13-14H,9-12H2,1H3;2-5,7,11-12H,6,8-10H2,1H3,(H,25,26,30);1-3H,(H2,5,7)/t13?,14-;11?,12-;/m00./s1. The van der Waals surface area contributed by atoms with Gasteiger partial charge < -0.3 is 20.3 Å². The van der Waals surface area contributed by atoms with Crippen molar-refractivity contribution < 1.29 is 50.3 Å². The number of Topliss-reactive ketones (excluding diaryl/α,β-unsaturated/α-hetero) is 2. The third-order valence-corrected chi connectivity index (χ3v) is 11.3. The second-order valence-corrected chi connectivity index (χ2v) is 16.1. The minimum absolute atomic E-state index is 0.0927. The molecule has 4 aliphatic rings. The number of aromatic nitrogens is 6. The number of nitrogens with one attached hydrogen (secondary N) is 1. The van der Waals surface area contributed by atoms with Crippen molar-refractivity contribution >= 4 is 58.3 Å². The SMILES string of the molecule is CC(CC(=O)c1ccc2c(n1)N(C(=O)Nc1cccnn1)[C@H]1CCN2C1)C(F)(F)F.CC(CC(=O)c1ccc2c(n1)N(C(=O)Oc1ccccc1)[C@H]1CCN2C1)C(F)(F)F.Nc1cccnn1. The fourth-order valence-electron chi connectivity index (χ4n) is 7.71. The number of nitrogens with two attached hydrogens (primary N) is 1. The molecular formula is C44H44F6N12O5. The Bertz CT molecular complexity index is 2400. The second-order valence-electron chi connectivity index (χ2n) is 16.1. The van der Waals surface area contributed by atoms with Crippen LogP contribution in [0.15, 0.2) is 91.3 Å². The van der Waals surface area contributed by atoms with E-state index in [0.717, 1.165) is 13.8 Å². The predicted molar refractivity (Wildman–Crippen MR) is 233 cm³/mol. The number of nitrogens with zero attached hydrogens (tertiary/aromatic N) is 10. The number of ketones is 2. The molecule has 4 aliphatic heterocycles. The summed E-state index contributed by atoms with van der Waals surface area (Å²) in [4.78, 5) is 66.3. The topological polar surface area (TPSA) is 206 Å². The van der Waals surface area contributed by atoms with Crippen LogP contribution >= 0.6 is 0 Å². The van der Waals surface area contributed by atoms with Gasteiger partial charge in [0, 0.05) is 51.4 Å². The molecule has 67 heavy (non-hydrogen) atoms. The van der Waals surface area contributed by atoms with Crippen LogP contribution in [0.25, 0.3) is 0 Å². The zero-order valence-corrected chi connectivity index (χ0v) is 36.0. The quantitative estimate of drug-likeness (QED) is 0.113. The van der Waals surface area contributed by atoms with Crippen LogP contribution in [0, 0.1) is 11.8 Å². The summed E-state index contributed by atoms with van der Waals surface area (Å²) < 4.78 is 82.5. The number of nitrogen functional groups attached to an aromatic ring is 1. The number of hydrogen-bond donors (Lipinski definition) is 2. The molecule has 0 aliphatic carbocycles. The van der Waals surface area contributed by atoms with Gasteiger partial charge in [0.15, 0.2) is 29.0 Å². The summed E-state index contributed by atoms with van der Waals surface area (Å²) in [5, 5.41) is 17.2. The van der Waals surface area contributed by atoms with Crippen molar-refractivity contribution in [2.75, 3.05) is 56.8 Å². The Morgan fingerprint density at radius 1 is 0.687 bits per heavy atom. The number of carbonyl (C=O) groups is 4. The first-order chi connectivity index (χ1) is 31.9. The second kappa shape index (κ2) is 20.0. The number of rotatable bonds is 8. The first-order valence-electron chi connectivity index (χ1n) is 21.1. The number of pyridine rings is 2. The highest BCUT2D eigenvalue weighted by Crippen LogP contribution is 2.41. The number of halogens is 6. The number of alkyl halides is 6. The van der Waals surface area contributed by atoms with Gasteiger partial charge in [-0.3, -0.25) is 24.7 Å². The molecular weight excluding hydrogens is 891 g/mol. The molecule has 1 aromatic carbocycles. The van der Waals surface area contributed by atoms with E-state index in [2.05, 4.69) is 35.7 Å². The van der Waals surface area contributed by atoms with Gasteiger partial charge in [0.05, 0.1) is 35.3 Å². The number of para-hydroxylation sites is 1. The van der Waals surface area contributed by atoms with Gasteiger partial charge in [0.25, 0.3) is 0 Å². The maximum atomic E-state index is 13.0. The maximum absolute atomic E-state index is 13.0. The zero-order valence-electron chi connectivity index (χ0n) is 36.0. The molecule has 17 nitrogen and oxygen atoms in total. The predicted octanol–water partition coefficient (Wildman–Crippen LogP) is 7.78. The normalized spacial score (nSPS) is 17.7. The molecule has 352 valence electrons. The van der Waals surface area contributed by atoms with E-state index in [1.165, 1.54) is 28.1 Å². The van der Waals surface area contributed by atoms with E-state index < -0.39 is 60.7 Å². The van der Waals surface area contributed by atoms with E-state index in [4.69, 9.17) is 10.5 Å². The monoisotopic (exact) mass is 934 g/mol. The first kappa shape index (κ1) is 47.5.